The van der Waals surface area contributed by atoms with Crippen LogP contribution in [0.5, 0.6) is 0 Å². The first-order chi connectivity index (χ1) is 14.9. The molecule has 0 atom stereocenters. The summed E-state index contributed by atoms with van der Waals surface area (Å²) in [5, 5.41) is 11.7. The van der Waals surface area contributed by atoms with Gasteiger partial charge in [0.1, 0.15) is 0 Å². The molecule has 32 heavy (non-hydrogen) atoms. The van der Waals surface area contributed by atoms with Gasteiger partial charge < -0.3 is 10.0 Å². The van der Waals surface area contributed by atoms with Gasteiger partial charge in [-0.15, -0.1) is 0 Å². The van der Waals surface area contributed by atoms with Crippen molar-refractivity contribution < 1.29 is 9.90 Å². The largest absolute Gasteiger partial charge is 0.481 e. The summed E-state index contributed by atoms with van der Waals surface area (Å²) in [6.07, 6.45) is 6.36. The predicted octanol–water partition coefficient (Wildman–Crippen LogP) is 5.07. The zero-order valence-electron chi connectivity index (χ0n) is 20.5. The number of carbonyl (C=O) groups is 1. The van der Waals surface area contributed by atoms with Crippen LogP contribution >= 0.6 is 0 Å². The van der Waals surface area contributed by atoms with E-state index in [9.17, 15) is 4.79 Å². The molecule has 3 heteroatoms. The van der Waals surface area contributed by atoms with Crippen LogP contribution in [-0.4, -0.2) is 25.2 Å². The average Bonchev–Trinajstić information content (AvgIpc) is 2.69. The second-order valence-corrected chi connectivity index (χ2v) is 10.7. The van der Waals surface area contributed by atoms with Crippen molar-refractivity contribution >= 4 is 28.9 Å². The lowest BCUT2D eigenvalue weighted by Crippen LogP contribution is -2.37. The molecule has 0 amide bonds. The number of fused-ring (bicyclic) bond motifs is 3. The Morgan fingerprint density at radius 2 is 1.75 bits per heavy atom. The molecule has 168 valence electrons. The molecule has 0 spiro atoms. The first-order valence-corrected chi connectivity index (χ1v) is 11.6. The van der Waals surface area contributed by atoms with Crippen LogP contribution in [0.4, 0.5) is 5.69 Å². The van der Waals surface area contributed by atoms with Crippen molar-refractivity contribution in [3.8, 4) is 0 Å². The van der Waals surface area contributed by atoms with E-state index in [0.717, 1.165) is 6.42 Å². The van der Waals surface area contributed by atoms with Crippen LogP contribution < -0.4 is 15.3 Å². The number of benzene rings is 2. The highest BCUT2D eigenvalue weighted by Gasteiger charge is 2.32. The molecule has 1 N–H and O–H groups in total. The summed E-state index contributed by atoms with van der Waals surface area (Å²) in [5.41, 5.74) is 8.94. The summed E-state index contributed by atoms with van der Waals surface area (Å²) in [6.45, 7) is 11.4. The second-order valence-electron chi connectivity index (χ2n) is 10.7. The molecule has 0 aliphatic heterocycles. The van der Waals surface area contributed by atoms with Crippen molar-refractivity contribution in [3.63, 3.8) is 0 Å². The highest BCUT2D eigenvalue weighted by atomic mass is 16.4. The van der Waals surface area contributed by atoms with Crippen molar-refractivity contribution in [3.05, 3.63) is 69.1 Å². The molecule has 2 aliphatic rings. The number of carboxylic acids is 1. The molecule has 2 aliphatic carbocycles. The van der Waals surface area contributed by atoms with Gasteiger partial charge in [0.2, 0.25) is 0 Å². The Morgan fingerprint density at radius 1 is 1.03 bits per heavy atom. The maximum Gasteiger partial charge on any atom is 0.303 e. The maximum atomic E-state index is 11.1. The van der Waals surface area contributed by atoms with Crippen LogP contribution in [0, 0.1) is 5.41 Å². The van der Waals surface area contributed by atoms with Gasteiger partial charge in [0.25, 0.3) is 0 Å². The normalized spacial score (nSPS) is 17.5. The smallest absolute Gasteiger partial charge is 0.303 e. The fourth-order valence-corrected chi connectivity index (χ4v) is 5.58. The van der Waals surface area contributed by atoms with E-state index in [2.05, 4.69) is 96.1 Å². The molecule has 0 bridgehead atoms. The van der Waals surface area contributed by atoms with Gasteiger partial charge in [-0.1, -0.05) is 45.4 Å². The fourth-order valence-electron chi connectivity index (χ4n) is 5.58. The SMILES string of the molecule is CC1=CC(C)(C)C(CCCC(=O)O)=c2cc3c(cc21)=Cc1ccc(N(C)C)cc1C3(C)C. The summed E-state index contributed by atoms with van der Waals surface area (Å²) in [7, 11) is 4.17. The van der Waals surface area contributed by atoms with Gasteiger partial charge in [-0.25, -0.2) is 0 Å². The molecule has 2 aromatic carbocycles. The van der Waals surface area contributed by atoms with Crippen molar-refractivity contribution in [2.24, 2.45) is 5.41 Å². The van der Waals surface area contributed by atoms with Gasteiger partial charge in [0, 0.05) is 37.0 Å². The molecule has 0 heterocycles. The number of anilines is 1. The lowest BCUT2D eigenvalue weighted by molar-refractivity contribution is -0.137. The van der Waals surface area contributed by atoms with Crippen LogP contribution in [-0.2, 0) is 10.2 Å². The first kappa shape index (κ1) is 22.4. The van der Waals surface area contributed by atoms with E-state index in [1.54, 1.807) is 0 Å². The monoisotopic (exact) mass is 429 g/mol. The lowest BCUT2D eigenvalue weighted by atomic mass is 9.69. The Balaban J connectivity index is 1.97. The Kier molecular flexibility index (Phi) is 5.35. The minimum absolute atomic E-state index is 0.0810. The molecular formula is C29H35NO2. The Bertz CT molecular complexity index is 1260. The van der Waals surface area contributed by atoms with Gasteiger partial charge in [-0.05, 0) is 88.4 Å². The van der Waals surface area contributed by atoms with E-state index < -0.39 is 5.97 Å². The molecule has 4 rings (SSSR count). The van der Waals surface area contributed by atoms with Crippen LogP contribution in [0.15, 0.2) is 36.4 Å². The summed E-state index contributed by atoms with van der Waals surface area (Å²) in [6, 6.07) is 11.5. The van der Waals surface area contributed by atoms with Crippen molar-refractivity contribution in [1.82, 2.24) is 0 Å². The fraction of sp³-hybridized carbons (Fsp3) is 0.414. The van der Waals surface area contributed by atoms with E-state index in [4.69, 9.17) is 5.11 Å². The van der Waals surface area contributed by atoms with Crippen molar-refractivity contribution in [1.29, 1.82) is 0 Å². The number of carboxylic acid groups (broad SMARTS) is 1. The molecule has 0 radical (unpaired) electrons. The molecule has 0 unspecified atom stereocenters. The van der Waals surface area contributed by atoms with E-state index >= 15 is 0 Å². The first-order valence-electron chi connectivity index (χ1n) is 11.6. The molecule has 0 saturated heterocycles. The molecular weight excluding hydrogens is 394 g/mol. The van der Waals surface area contributed by atoms with E-state index in [1.807, 2.05) is 0 Å². The summed E-state index contributed by atoms with van der Waals surface area (Å²) >= 11 is 0. The zero-order chi connectivity index (χ0) is 23.4. The lowest BCUT2D eigenvalue weighted by Gasteiger charge is -2.35. The van der Waals surface area contributed by atoms with Crippen molar-refractivity contribution in [2.75, 3.05) is 19.0 Å². The zero-order valence-corrected chi connectivity index (χ0v) is 20.5. The minimum Gasteiger partial charge on any atom is -0.481 e. The maximum absolute atomic E-state index is 11.1. The Morgan fingerprint density at radius 3 is 2.41 bits per heavy atom. The summed E-state index contributed by atoms with van der Waals surface area (Å²) in [5.74, 6) is -0.722. The molecule has 3 nitrogen and oxygen atoms in total. The summed E-state index contributed by atoms with van der Waals surface area (Å²) < 4.78 is 0. The predicted molar refractivity (Wildman–Crippen MR) is 134 cm³/mol. The molecule has 0 aromatic heterocycles. The van der Waals surface area contributed by atoms with Crippen LogP contribution in [0.1, 0.15) is 76.1 Å². The van der Waals surface area contributed by atoms with E-state index in [1.165, 1.54) is 49.5 Å². The highest BCUT2D eigenvalue weighted by molar-refractivity contribution is 5.78. The number of allylic oxidation sites excluding steroid dienone is 2. The van der Waals surface area contributed by atoms with Crippen molar-refractivity contribution in [2.45, 2.75) is 59.3 Å². The molecule has 0 saturated carbocycles. The number of rotatable bonds is 5. The topological polar surface area (TPSA) is 40.5 Å². The summed E-state index contributed by atoms with van der Waals surface area (Å²) in [4.78, 5) is 13.3. The Labute approximate surface area is 191 Å². The number of nitrogens with zero attached hydrogens (tertiary/aromatic N) is 1. The van der Waals surface area contributed by atoms with Crippen LogP contribution in [0.2, 0.25) is 0 Å². The van der Waals surface area contributed by atoms with Crippen LogP contribution in [0.25, 0.3) is 17.2 Å². The number of hydrogen-bond acceptors (Lipinski definition) is 2. The van der Waals surface area contributed by atoms with Crippen LogP contribution in [0.3, 0.4) is 0 Å². The van der Waals surface area contributed by atoms with Gasteiger partial charge in [0.05, 0.1) is 0 Å². The highest BCUT2D eigenvalue weighted by Crippen LogP contribution is 2.40. The van der Waals surface area contributed by atoms with Gasteiger partial charge in [-0.2, -0.15) is 0 Å². The van der Waals surface area contributed by atoms with E-state index in [-0.39, 0.29) is 17.3 Å². The molecule has 2 aromatic rings. The third kappa shape index (κ3) is 3.68. The minimum atomic E-state index is -0.722. The quantitative estimate of drug-likeness (QED) is 0.721. The van der Waals surface area contributed by atoms with Gasteiger partial charge >= 0.3 is 5.97 Å². The third-order valence-electron chi connectivity index (χ3n) is 7.32. The molecule has 0 fully saturated rings. The van der Waals surface area contributed by atoms with Gasteiger partial charge in [0.15, 0.2) is 0 Å². The average molecular weight is 430 g/mol. The number of hydrogen-bond donors (Lipinski definition) is 1. The van der Waals surface area contributed by atoms with E-state index in [0.29, 0.717) is 6.42 Å². The standard InChI is InChI=1S/C29H35NO2/c1-18-17-28(2,3)24(9-8-10-27(31)32)23-16-26-20(14-22(18)23)13-19-11-12-21(30(6)7)15-25(19)29(26,4)5/h11-17H,8-10H2,1-7H3,(H,31,32). The second kappa shape index (κ2) is 7.65. The van der Waals surface area contributed by atoms with Gasteiger partial charge in [-0.3, -0.25) is 4.79 Å². The Hall–Kier alpha value is -2.81. The number of aliphatic carboxylic acids is 1. The third-order valence-corrected chi connectivity index (χ3v) is 7.32.